The second-order valence-corrected chi connectivity index (χ2v) is 18.1. The average Bonchev–Trinajstić information content (AvgIpc) is 4.34. The van der Waals surface area contributed by atoms with E-state index in [0.29, 0.717) is 64.6 Å². The molecule has 6 rings (SSSR count). The van der Waals surface area contributed by atoms with E-state index < -0.39 is 0 Å². The van der Waals surface area contributed by atoms with Crippen LogP contribution in [0, 0.1) is 5.92 Å². The molecule has 1 saturated carbocycles. The van der Waals surface area contributed by atoms with Gasteiger partial charge in [0.2, 0.25) is 0 Å². The van der Waals surface area contributed by atoms with Gasteiger partial charge in [0.05, 0.1) is 52.9 Å². The summed E-state index contributed by atoms with van der Waals surface area (Å²) < 4.78 is 41.7. The molecular formula is C56H76N2O12. The van der Waals surface area contributed by atoms with E-state index >= 15 is 0 Å². The van der Waals surface area contributed by atoms with Crippen molar-refractivity contribution in [2.75, 3.05) is 52.9 Å². The van der Waals surface area contributed by atoms with Crippen LogP contribution in [0.4, 0.5) is 0 Å². The summed E-state index contributed by atoms with van der Waals surface area (Å²) in [6.07, 6.45) is 26.9. The van der Waals surface area contributed by atoms with E-state index in [1.807, 2.05) is 36.7 Å². The summed E-state index contributed by atoms with van der Waals surface area (Å²) in [4.78, 5) is 53.7. The molecule has 2 unspecified atom stereocenters. The maximum absolute atomic E-state index is 11.4. The molecule has 0 amide bonds. The molecule has 3 aliphatic rings. The highest BCUT2D eigenvalue weighted by Crippen LogP contribution is 2.38. The molecule has 14 heteroatoms. The second kappa shape index (κ2) is 33.1. The number of aromatic nitrogens is 2. The Morgan fingerprint density at radius 2 is 0.957 bits per heavy atom. The number of carbonyl (C=O) groups is 4. The van der Waals surface area contributed by atoms with Crippen LogP contribution in [0.25, 0.3) is 11.4 Å². The molecule has 382 valence electrons. The molecule has 1 aromatic heterocycles. The number of rotatable bonds is 34. The van der Waals surface area contributed by atoms with Gasteiger partial charge in [-0.25, -0.2) is 29.1 Å². The molecule has 3 aromatic rings. The lowest BCUT2D eigenvalue weighted by molar-refractivity contribution is -0.146. The highest BCUT2D eigenvalue weighted by Gasteiger charge is 2.33. The maximum Gasteiger partial charge on any atom is 0.337 e. The fourth-order valence-corrected chi connectivity index (χ4v) is 8.13. The lowest BCUT2D eigenvalue weighted by atomic mass is 9.77. The SMILES string of the molecule is C=CC(=O)OCCCCCOc1ccc(C2CCC(CCCCCOC(=O)C=C)CC2)cc1.O=C(OCCCCCCCc1cnc(-c2ccc(OCCCCCOC(=O)C3CO3)cc2)nc1)C1CO1. The van der Waals surface area contributed by atoms with Crippen LogP contribution in [-0.4, -0.2) is 98.9 Å². The van der Waals surface area contributed by atoms with Crippen LogP contribution < -0.4 is 9.47 Å². The van der Waals surface area contributed by atoms with Gasteiger partial charge in [0.25, 0.3) is 0 Å². The van der Waals surface area contributed by atoms with Crippen molar-refractivity contribution in [3.05, 3.63) is 97.4 Å². The molecule has 0 radical (unpaired) electrons. The molecule has 2 aliphatic heterocycles. The van der Waals surface area contributed by atoms with E-state index in [1.54, 1.807) is 0 Å². The van der Waals surface area contributed by atoms with Gasteiger partial charge in [-0.3, -0.25) is 0 Å². The molecule has 1 aliphatic carbocycles. The summed E-state index contributed by atoms with van der Waals surface area (Å²) in [7, 11) is 0. The second-order valence-electron chi connectivity index (χ2n) is 18.1. The third-order valence-corrected chi connectivity index (χ3v) is 12.5. The molecule has 2 saturated heterocycles. The van der Waals surface area contributed by atoms with Crippen LogP contribution in [0.3, 0.4) is 0 Å². The average molecular weight is 969 g/mol. The van der Waals surface area contributed by atoms with E-state index in [2.05, 4.69) is 47.4 Å². The van der Waals surface area contributed by atoms with E-state index in [-0.39, 0.29) is 36.1 Å². The zero-order valence-electron chi connectivity index (χ0n) is 41.2. The molecule has 2 aromatic carbocycles. The van der Waals surface area contributed by atoms with Crippen LogP contribution in [-0.2, 0) is 54.0 Å². The first kappa shape index (κ1) is 55.3. The molecule has 70 heavy (non-hydrogen) atoms. The standard InChI is InChI=1S/C28H36N2O7.C28H40O5/c31-27(24-19-36-24)34-15-6-3-1-2-5-9-21-17-29-26(30-18-21)22-10-12-23(13-11-22)33-14-7-4-8-16-35-28(32)25-20-37-25;1-3-27(29)32-21-8-5-7-11-23-12-14-24(15-13-23)25-16-18-26(19-17-25)31-20-9-6-10-22-33-28(30)4-2/h10-13,17-18,24-25H,1-9,14-16,19-20H2;3-4,16-19,23-24H,1-2,5-15,20-22H2. The fraction of sp³-hybridized carbons (Fsp3) is 0.571. The Labute approximate surface area is 415 Å². The van der Waals surface area contributed by atoms with Crippen molar-refractivity contribution in [1.82, 2.24) is 9.97 Å². The first-order valence-electron chi connectivity index (χ1n) is 25.7. The van der Waals surface area contributed by atoms with E-state index in [9.17, 15) is 19.2 Å². The molecule has 0 bridgehead atoms. The highest BCUT2D eigenvalue weighted by atomic mass is 16.6. The lowest BCUT2D eigenvalue weighted by Gasteiger charge is -2.29. The van der Waals surface area contributed by atoms with Gasteiger partial charge in [-0.05, 0) is 149 Å². The largest absolute Gasteiger partial charge is 0.494 e. The Bertz CT molecular complexity index is 1970. The van der Waals surface area contributed by atoms with Gasteiger partial charge in [-0.15, -0.1) is 0 Å². The highest BCUT2D eigenvalue weighted by molar-refractivity contribution is 5.81. The monoisotopic (exact) mass is 969 g/mol. The van der Waals surface area contributed by atoms with E-state index in [4.69, 9.17) is 37.9 Å². The number of hydrogen-bond donors (Lipinski definition) is 0. The van der Waals surface area contributed by atoms with Crippen LogP contribution >= 0.6 is 0 Å². The quantitative estimate of drug-likeness (QED) is 0.0182. The number of epoxide rings is 2. The summed E-state index contributed by atoms with van der Waals surface area (Å²) in [6.45, 7) is 10.9. The first-order valence-corrected chi connectivity index (χ1v) is 25.7. The van der Waals surface area contributed by atoms with Gasteiger partial charge in [0.15, 0.2) is 18.0 Å². The Morgan fingerprint density at radius 1 is 0.529 bits per heavy atom. The van der Waals surface area contributed by atoms with Crippen LogP contribution in [0.5, 0.6) is 11.5 Å². The van der Waals surface area contributed by atoms with Gasteiger partial charge in [0, 0.05) is 30.1 Å². The van der Waals surface area contributed by atoms with Gasteiger partial charge in [-0.1, -0.05) is 63.8 Å². The van der Waals surface area contributed by atoms with Gasteiger partial charge in [0.1, 0.15) is 11.5 Å². The van der Waals surface area contributed by atoms with Crippen molar-refractivity contribution >= 4 is 23.9 Å². The van der Waals surface area contributed by atoms with Gasteiger partial charge in [-0.2, -0.15) is 0 Å². The summed E-state index contributed by atoms with van der Waals surface area (Å²) in [6, 6.07) is 16.4. The number of esters is 4. The van der Waals surface area contributed by atoms with Crippen molar-refractivity contribution in [2.24, 2.45) is 5.92 Å². The number of hydrogen-bond acceptors (Lipinski definition) is 14. The number of carbonyl (C=O) groups excluding carboxylic acids is 4. The summed E-state index contributed by atoms with van der Waals surface area (Å²) >= 11 is 0. The topological polar surface area (TPSA) is 175 Å². The molecule has 2 atom stereocenters. The van der Waals surface area contributed by atoms with Crippen molar-refractivity contribution in [1.29, 1.82) is 0 Å². The zero-order valence-corrected chi connectivity index (χ0v) is 41.2. The fourth-order valence-electron chi connectivity index (χ4n) is 8.13. The minimum atomic E-state index is -0.361. The maximum atomic E-state index is 11.4. The molecule has 0 N–H and O–H groups in total. The summed E-state index contributed by atoms with van der Waals surface area (Å²) in [5, 5.41) is 0. The van der Waals surface area contributed by atoms with Crippen LogP contribution in [0.1, 0.15) is 139 Å². The Morgan fingerprint density at radius 3 is 1.46 bits per heavy atom. The Hall–Kier alpha value is -5.60. The summed E-state index contributed by atoms with van der Waals surface area (Å²) in [5.74, 6) is 2.77. The molecule has 14 nitrogen and oxygen atoms in total. The zero-order chi connectivity index (χ0) is 49.4. The van der Waals surface area contributed by atoms with Gasteiger partial charge < -0.3 is 37.9 Å². The number of ether oxygens (including phenoxy) is 8. The van der Waals surface area contributed by atoms with Crippen LogP contribution in [0.2, 0.25) is 0 Å². The molecule has 0 spiro atoms. The number of unbranched alkanes of at least 4 members (excludes halogenated alkanes) is 10. The minimum absolute atomic E-state index is 0.225. The van der Waals surface area contributed by atoms with Crippen molar-refractivity contribution in [2.45, 2.75) is 147 Å². The minimum Gasteiger partial charge on any atom is -0.494 e. The van der Waals surface area contributed by atoms with Crippen molar-refractivity contribution in [3.63, 3.8) is 0 Å². The number of aryl methyl sites for hydroxylation is 1. The Kier molecular flexibility index (Phi) is 26.1. The van der Waals surface area contributed by atoms with E-state index in [1.165, 1.54) is 56.2 Å². The molecule has 3 heterocycles. The van der Waals surface area contributed by atoms with Crippen molar-refractivity contribution < 1.29 is 57.1 Å². The smallest absolute Gasteiger partial charge is 0.337 e. The van der Waals surface area contributed by atoms with Crippen molar-refractivity contribution in [3.8, 4) is 22.9 Å². The lowest BCUT2D eigenvalue weighted by Crippen LogP contribution is -2.13. The number of nitrogens with zero attached hydrogens (tertiary/aromatic N) is 2. The number of benzene rings is 2. The predicted molar refractivity (Wildman–Crippen MR) is 266 cm³/mol. The predicted octanol–water partition coefficient (Wildman–Crippen LogP) is 10.6. The molecular weight excluding hydrogens is 893 g/mol. The van der Waals surface area contributed by atoms with Crippen LogP contribution in [0.15, 0.2) is 86.2 Å². The van der Waals surface area contributed by atoms with E-state index in [0.717, 1.165) is 118 Å². The Balaban J connectivity index is 0.000000263. The molecule has 3 fully saturated rings. The normalized spacial score (nSPS) is 17.7. The van der Waals surface area contributed by atoms with Gasteiger partial charge >= 0.3 is 23.9 Å². The third-order valence-electron chi connectivity index (χ3n) is 12.5. The summed E-state index contributed by atoms with van der Waals surface area (Å²) in [5.41, 5.74) is 3.51. The first-order chi connectivity index (χ1) is 34.3. The third kappa shape index (κ3) is 23.3.